The van der Waals surface area contributed by atoms with Gasteiger partial charge in [0.25, 0.3) is 0 Å². The van der Waals surface area contributed by atoms with Crippen LogP contribution >= 0.6 is 0 Å². The van der Waals surface area contributed by atoms with Crippen molar-refractivity contribution in [1.82, 2.24) is 21.3 Å². The molecule has 0 aliphatic heterocycles. The molecule has 0 rings (SSSR count). The Bertz CT molecular complexity index is 815. The van der Waals surface area contributed by atoms with Crippen LogP contribution in [0.4, 0.5) is 4.79 Å². The summed E-state index contributed by atoms with van der Waals surface area (Å²) in [5.74, 6) is -0.0951. The number of alkyl carbamates (subject to hydrolysis) is 1. The minimum Gasteiger partial charge on any atom is -0.447 e. The highest BCUT2D eigenvalue weighted by molar-refractivity contribution is 5.76. The van der Waals surface area contributed by atoms with Crippen molar-refractivity contribution in [3.05, 3.63) is 12.2 Å². The molecule has 7 N–H and O–H groups in total. The number of ether oxygens (including phenoxy) is 1. The highest BCUT2D eigenvalue weighted by Crippen LogP contribution is 2.14. The van der Waals surface area contributed by atoms with E-state index in [0.29, 0.717) is 13.0 Å². The molecule has 2 unspecified atom stereocenters. The van der Waals surface area contributed by atoms with Crippen molar-refractivity contribution in [2.45, 2.75) is 219 Å². The minimum atomic E-state index is -0.916. The Labute approximate surface area is 334 Å². The second-order valence-corrected chi connectivity index (χ2v) is 15.6. The van der Waals surface area contributed by atoms with Crippen LogP contribution in [0.1, 0.15) is 206 Å². The maximum Gasteiger partial charge on any atom is 0.407 e. The topological polar surface area (TPSA) is 138 Å². The summed E-state index contributed by atoms with van der Waals surface area (Å²) in [6.07, 6.45) is 38.4. The maximum atomic E-state index is 12.9. The van der Waals surface area contributed by atoms with Gasteiger partial charge in [-0.25, -0.2) is 4.79 Å². The first kappa shape index (κ1) is 52.3. The van der Waals surface area contributed by atoms with Gasteiger partial charge in [-0.3, -0.25) is 4.79 Å². The van der Waals surface area contributed by atoms with E-state index in [2.05, 4.69) is 35.1 Å². The van der Waals surface area contributed by atoms with Crippen LogP contribution in [0.25, 0.3) is 0 Å². The van der Waals surface area contributed by atoms with E-state index in [1.165, 1.54) is 128 Å². The fourth-order valence-corrected chi connectivity index (χ4v) is 6.70. The maximum absolute atomic E-state index is 12.9. The van der Waals surface area contributed by atoms with Crippen LogP contribution in [0.2, 0.25) is 0 Å². The predicted octanol–water partition coefficient (Wildman–Crippen LogP) is 10.00. The average molecular weight is 766 g/mol. The molecule has 0 heterocycles. The van der Waals surface area contributed by atoms with Crippen molar-refractivity contribution >= 4 is 12.0 Å². The van der Waals surface area contributed by atoms with E-state index in [9.17, 15) is 14.7 Å². The van der Waals surface area contributed by atoms with E-state index in [4.69, 9.17) is 10.5 Å². The van der Waals surface area contributed by atoms with Gasteiger partial charge in [-0.2, -0.15) is 0 Å². The van der Waals surface area contributed by atoms with Crippen LogP contribution in [0, 0.1) is 0 Å². The number of nitrogens with two attached hydrogens (primary N) is 1. The lowest BCUT2D eigenvalue weighted by atomic mass is 10.0. The van der Waals surface area contributed by atoms with Crippen molar-refractivity contribution in [3.63, 3.8) is 0 Å². The Balaban J connectivity index is 4.40. The van der Waals surface area contributed by atoms with Crippen LogP contribution in [0.15, 0.2) is 12.2 Å². The zero-order valence-corrected chi connectivity index (χ0v) is 35.7. The second-order valence-electron chi connectivity index (χ2n) is 15.6. The number of hydrogen-bond donors (Lipinski definition) is 6. The monoisotopic (exact) mass is 766 g/mol. The predicted molar refractivity (Wildman–Crippen MR) is 231 cm³/mol. The van der Waals surface area contributed by atoms with Crippen molar-refractivity contribution in [3.8, 4) is 0 Å². The molecule has 0 aromatic heterocycles. The van der Waals surface area contributed by atoms with Gasteiger partial charge >= 0.3 is 6.09 Å². The molecular formula is C45H91N5O4. The lowest BCUT2D eigenvalue weighted by Crippen LogP contribution is -2.46. The van der Waals surface area contributed by atoms with Crippen LogP contribution in [0.5, 0.6) is 0 Å². The smallest absolute Gasteiger partial charge is 0.407 e. The molecular weight excluding hydrogens is 675 g/mol. The Kier molecular flexibility index (Phi) is 42.7. The van der Waals surface area contributed by atoms with Gasteiger partial charge in [0, 0.05) is 13.0 Å². The number of hydrogen-bond acceptors (Lipinski definition) is 7. The molecule has 0 radical (unpaired) electrons. The van der Waals surface area contributed by atoms with E-state index >= 15 is 0 Å². The third kappa shape index (κ3) is 40.0. The number of unbranched alkanes of at least 4 members (excludes halogenated alkanes) is 24. The van der Waals surface area contributed by atoms with Gasteiger partial charge in [-0.1, -0.05) is 167 Å². The van der Waals surface area contributed by atoms with Crippen molar-refractivity contribution in [2.24, 2.45) is 5.73 Å². The number of carbonyl (C=O) groups excluding carboxylic acids is 2. The van der Waals surface area contributed by atoms with Crippen LogP contribution < -0.4 is 27.0 Å². The fraction of sp³-hybridized carbons (Fsp3) is 0.911. The zero-order valence-electron chi connectivity index (χ0n) is 35.7. The summed E-state index contributed by atoms with van der Waals surface area (Å²) in [6, 6.07) is -0.676. The molecule has 0 aliphatic rings. The van der Waals surface area contributed by atoms with Gasteiger partial charge in [0.15, 0.2) is 0 Å². The minimum absolute atomic E-state index is 0.0717. The standard InChI is InChI=1S/C45H91N5O4/c1-3-5-7-9-11-13-15-17-19-21-23-25-27-33-43(51)42(41-54-45(53)49-40-32-39-48-37-30-29-36-47-38-31-35-46)50-44(52)34-28-26-24-22-20-18-16-14-12-10-8-6-4-2/h27,33,42-43,47-48,51H,3-26,28-32,34-41,46H2,1-2H3,(H,49,53)(H,50,52)/b33-27+. The SMILES string of the molecule is CCCCCCCCCCCCC/C=C/C(O)C(COC(=O)NCCCNCCCCNCCCN)NC(=O)CCCCCCCCCCCCCCC. The lowest BCUT2D eigenvalue weighted by Gasteiger charge is -2.22. The molecule has 0 saturated heterocycles. The molecule has 0 aliphatic carbocycles. The number of allylic oxidation sites excluding steroid dienone is 1. The van der Waals surface area contributed by atoms with Crippen LogP contribution in [-0.2, 0) is 9.53 Å². The molecule has 0 aromatic carbocycles. The third-order valence-electron chi connectivity index (χ3n) is 10.3. The van der Waals surface area contributed by atoms with E-state index in [1.807, 2.05) is 6.08 Å². The number of amides is 2. The van der Waals surface area contributed by atoms with Crippen molar-refractivity contribution in [2.75, 3.05) is 45.9 Å². The van der Waals surface area contributed by atoms with E-state index in [-0.39, 0.29) is 12.5 Å². The molecule has 0 fully saturated rings. The molecule has 0 bridgehead atoms. The number of aliphatic hydroxyl groups excluding tert-OH is 1. The van der Waals surface area contributed by atoms with E-state index < -0.39 is 18.2 Å². The summed E-state index contributed by atoms with van der Waals surface area (Å²) < 4.78 is 5.47. The largest absolute Gasteiger partial charge is 0.447 e. The Morgan fingerprint density at radius 3 is 1.52 bits per heavy atom. The van der Waals surface area contributed by atoms with Crippen LogP contribution in [0.3, 0.4) is 0 Å². The lowest BCUT2D eigenvalue weighted by molar-refractivity contribution is -0.123. The van der Waals surface area contributed by atoms with E-state index in [0.717, 1.165) is 90.5 Å². The molecule has 0 spiro atoms. The fourth-order valence-electron chi connectivity index (χ4n) is 6.70. The van der Waals surface area contributed by atoms with E-state index in [1.54, 1.807) is 6.08 Å². The molecule has 320 valence electrons. The highest BCUT2D eigenvalue weighted by Gasteiger charge is 2.21. The zero-order chi connectivity index (χ0) is 39.4. The normalized spacial score (nSPS) is 12.7. The third-order valence-corrected chi connectivity index (χ3v) is 10.3. The average Bonchev–Trinajstić information content (AvgIpc) is 3.17. The quantitative estimate of drug-likeness (QED) is 0.0269. The summed E-state index contributed by atoms with van der Waals surface area (Å²) in [6.45, 7) is 9.46. The van der Waals surface area contributed by atoms with Gasteiger partial charge in [0.1, 0.15) is 6.61 Å². The highest BCUT2D eigenvalue weighted by atomic mass is 16.5. The molecule has 2 atom stereocenters. The molecule has 0 saturated carbocycles. The molecule has 2 amide bonds. The first-order chi connectivity index (χ1) is 26.5. The second kappa shape index (κ2) is 44.0. The Morgan fingerprint density at radius 1 is 0.574 bits per heavy atom. The van der Waals surface area contributed by atoms with Crippen LogP contribution in [-0.4, -0.2) is 75.1 Å². The summed E-state index contributed by atoms with van der Waals surface area (Å²) in [4.78, 5) is 25.3. The summed E-state index contributed by atoms with van der Waals surface area (Å²) in [5, 5.41) is 23.6. The molecule has 9 heteroatoms. The molecule has 54 heavy (non-hydrogen) atoms. The number of rotatable bonds is 43. The van der Waals surface area contributed by atoms with Crippen molar-refractivity contribution < 1.29 is 19.4 Å². The van der Waals surface area contributed by atoms with Gasteiger partial charge in [0.05, 0.1) is 12.1 Å². The number of carbonyl (C=O) groups is 2. The van der Waals surface area contributed by atoms with Gasteiger partial charge in [0.2, 0.25) is 5.91 Å². The number of nitrogens with one attached hydrogen (secondary N) is 4. The number of aliphatic hydroxyl groups is 1. The molecule has 0 aromatic rings. The first-order valence-corrected chi connectivity index (χ1v) is 23.2. The Morgan fingerprint density at radius 2 is 1.02 bits per heavy atom. The Hall–Kier alpha value is -1.68. The molecule has 9 nitrogen and oxygen atoms in total. The van der Waals surface area contributed by atoms with Gasteiger partial charge in [-0.05, 0) is 77.7 Å². The summed E-state index contributed by atoms with van der Waals surface area (Å²) >= 11 is 0. The van der Waals surface area contributed by atoms with Gasteiger partial charge in [-0.15, -0.1) is 0 Å². The van der Waals surface area contributed by atoms with Gasteiger partial charge < -0.3 is 36.8 Å². The summed E-state index contributed by atoms with van der Waals surface area (Å²) in [7, 11) is 0. The van der Waals surface area contributed by atoms with Crippen molar-refractivity contribution in [1.29, 1.82) is 0 Å². The summed E-state index contributed by atoms with van der Waals surface area (Å²) in [5.41, 5.74) is 5.51. The first-order valence-electron chi connectivity index (χ1n) is 23.2.